The minimum atomic E-state index is -0.697. The van der Waals surface area contributed by atoms with Crippen LogP contribution in [-0.2, 0) is 9.53 Å². The molecule has 0 fully saturated rings. The smallest absolute Gasteiger partial charge is 0.246 e. The summed E-state index contributed by atoms with van der Waals surface area (Å²) in [5, 5.41) is 0.648. The zero-order valence-electron chi connectivity index (χ0n) is 7.59. The summed E-state index contributed by atoms with van der Waals surface area (Å²) in [7, 11) is 0. The van der Waals surface area contributed by atoms with E-state index in [1.54, 1.807) is 6.92 Å². The Morgan fingerprint density at radius 3 is 2.92 bits per heavy atom. The molecular weight excluding hydrogens is 174 g/mol. The van der Waals surface area contributed by atoms with Crippen LogP contribution < -0.4 is 0 Å². The molecule has 68 valence electrons. The van der Waals surface area contributed by atoms with Gasteiger partial charge in [0.1, 0.15) is 0 Å². The summed E-state index contributed by atoms with van der Waals surface area (Å²) < 4.78 is 5.41. The average molecular weight is 187 g/mol. The molecule has 0 aromatic carbocycles. The molecule has 1 aliphatic heterocycles. The lowest BCUT2D eigenvalue weighted by Gasteiger charge is -2.19. The van der Waals surface area contributed by atoms with Gasteiger partial charge in [-0.2, -0.15) is 0 Å². The summed E-state index contributed by atoms with van der Waals surface area (Å²) in [6.07, 6.45) is 0. The summed E-state index contributed by atoms with van der Waals surface area (Å²) in [4.78, 5) is 15.2. The topological polar surface area (TPSA) is 38.7 Å². The summed E-state index contributed by atoms with van der Waals surface area (Å²) >= 11 is 1.53. The number of Topliss-reactive ketones (excluding diaryl/α,β-unsaturated/α-hetero) is 1. The fourth-order valence-corrected chi connectivity index (χ4v) is 1.50. The fourth-order valence-electron chi connectivity index (χ4n) is 0.854. The van der Waals surface area contributed by atoms with Gasteiger partial charge < -0.3 is 4.74 Å². The van der Waals surface area contributed by atoms with Crippen molar-refractivity contribution in [2.24, 2.45) is 4.99 Å². The average Bonchev–Trinajstić information content (AvgIpc) is 2.34. The van der Waals surface area contributed by atoms with E-state index in [1.807, 2.05) is 6.92 Å². The molecule has 1 aliphatic rings. The lowest BCUT2D eigenvalue weighted by Crippen LogP contribution is -2.36. The standard InChI is InChI=1S/C8H13NO2S/c1-4-12-7-9-5-8(3,11-7)6(2)10/h4-5H2,1-3H3. The van der Waals surface area contributed by atoms with Crippen molar-refractivity contribution in [3.8, 4) is 0 Å². The van der Waals surface area contributed by atoms with E-state index in [1.165, 1.54) is 18.7 Å². The van der Waals surface area contributed by atoms with Gasteiger partial charge in [-0.15, -0.1) is 0 Å². The van der Waals surface area contributed by atoms with Gasteiger partial charge in [0.2, 0.25) is 5.23 Å². The van der Waals surface area contributed by atoms with Crippen LogP contribution >= 0.6 is 11.8 Å². The molecule has 0 amide bonds. The summed E-state index contributed by atoms with van der Waals surface area (Å²) in [6, 6.07) is 0. The van der Waals surface area contributed by atoms with Crippen molar-refractivity contribution in [1.82, 2.24) is 0 Å². The third-order valence-corrected chi connectivity index (χ3v) is 2.58. The molecule has 12 heavy (non-hydrogen) atoms. The number of nitrogens with zero attached hydrogens (tertiary/aromatic N) is 1. The molecule has 0 saturated heterocycles. The lowest BCUT2D eigenvalue weighted by molar-refractivity contribution is -0.129. The van der Waals surface area contributed by atoms with Crippen LogP contribution in [0.3, 0.4) is 0 Å². The molecule has 0 aromatic heterocycles. The number of rotatable bonds is 2. The Labute approximate surface area is 76.6 Å². The maximum absolute atomic E-state index is 11.1. The number of hydrogen-bond acceptors (Lipinski definition) is 4. The van der Waals surface area contributed by atoms with Crippen molar-refractivity contribution < 1.29 is 9.53 Å². The molecule has 0 radical (unpaired) electrons. The van der Waals surface area contributed by atoms with E-state index in [0.29, 0.717) is 11.8 Å². The molecule has 0 aliphatic carbocycles. The van der Waals surface area contributed by atoms with E-state index in [4.69, 9.17) is 4.74 Å². The first kappa shape index (κ1) is 9.58. The molecule has 1 heterocycles. The summed E-state index contributed by atoms with van der Waals surface area (Å²) in [5.74, 6) is 0.963. The number of ether oxygens (including phenoxy) is 1. The summed E-state index contributed by atoms with van der Waals surface area (Å²) in [5.41, 5.74) is -0.697. The normalized spacial score (nSPS) is 28.1. The van der Waals surface area contributed by atoms with Crippen LogP contribution in [0.2, 0.25) is 0 Å². The number of hydrogen-bond donors (Lipinski definition) is 0. The van der Waals surface area contributed by atoms with Gasteiger partial charge in [-0.3, -0.25) is 4.79 Å². The van der Waals surface area contributed by atoms with Crippen LogP contribution in [0, 0.1) is 0 Å². The monoisotopic (exact) mass is 187 g/mol. The van der Waals surface area contributed by atoms with E-state index in [0.717, 1.165) is 5.75 Å². The van der Waals surface area contributed by atoms with Crippen molar-refractivity contribution in [2.75, 3.05) is 12.3 Å². The molecule has 0 saturated carbocycles. The first-order valence-corrected chi connectivity index (χ1v) is 4.94. The molecular formula is C8H13NO2S. The van der Waals surface area contributed by atoms with Crippen molar-refractivity contribution in [3.63, 3.8) is 0 Å². The largest absolute Gasteiger partial charge is 0.457 e. The Kier molecular flexibility index (Phi) is 2.77. The van der Waals surface area contributed by atoms with Gasteiger partial charge in [0.15, 0.2) is 11.4 Å². The second-order valence-corrected chi connectivity index (χ2v) is 4.12. The molecule has 1 unspecified atom stereocenters. The highest BCUT2D eigenvalue weighted by Crippen LogP contribution is 2.24. The highest BCUT2D eigenvalue weighted by molar-refractivity contribution is 8.13. The second-order valence-electron chi connectivity index (χ2n) is 2.90. The second kappa shape index (κ2) is 3.47. The number of carbonyl (C=O) groups excluding carboxylic acids is 1. The minimum Gasteiger partial charge on any atom is -0.457 e. The molecule has 0 aromatic rings. The van der Waals surface area contributed by atoms with Gasteiger partial charge in [0.25, 0.3) is 0 Å². The third kappa shape index (κ3) is 1.80. The molecule has 1 atom stereocenters. The molecule has 0 N–H and O–H groups in total. The zero-order chi connectivity index (χ0) is 9.19. The number of carbonyl (C=O) groups is 1. The van der Waals surface area contributed by atoms with E-state index in [9.17, 15) is 4.79 Å². The third-order valence-electron chi connectivity index (χ3n) is 1.83. The first-order chi connectivity index (χ1) is 5.58. The zero-order valence-corrected chi connectivity index (χ0v) is 8.40. The number of aliphatic imine (C=N–C) groups is 1. The van der Waals surface area contributed by atoms with E-state index < -0.39 is 5.60 Å². The molecule has 0 bridgehead atoms. The maximum Gasteiger partial charge on any atom is 0.246 e. The van der Waals surface area contributed by atoms with Crippen LogP contribution in [0.1, 0.15) is 20.8 Å². The maximum atomic E-state index is 11.1. The van der Waals surface area contributed by atoms with Gasteiger partial charge in [-0.25, -0.2) is 4.99 Å². The Morgan fingerprint density at radius 1 is 1.83 bits per heavy atom. The Bertz CT molecular complexity index is 227. The van der Waals surface area contributed by atoms with Crippen molar-refractivity contribution in [2.45, 2.75) is 26.4 Å². The number of ketones is 1. The van der Waals surface area contributed by atoms with E-state index >= 15 is 0 Å². The van der Waals surface area contributed by atoms with Crippen LogP contribution in [0.25, 0.3) is 0 Å². The quantitative estimate of drug-likeness (QED) is 0.657. The SMILES string of the molecule is CCSC1=NCC(C)(C(C)=O)O1. The van der Waals surface area contributed by atoms with Crippen LogP contribution in [0.4, 0.5) is 0 Å². The Morgan fingerprint density at radius 2 is 2.50 bits per heavy atom. The molecule has 3 nitrogen and oxygen atoms in total. The van der Waals surface area contributed by atoms with Gasteiger partial charge >= 0.3 is 0 Å². The highest BCUT2D eigenvalue weighted by atomic mass is 32.2. The molecule has 4 heteroatoms. The highest BCUT2D eigenvalue weighted by Gasteiger charge is 2.37. The van der Waals surface area contributed by atoms with Crippen molar-refractivity contribution in [3.05, 3.63) is 0 Å². The lowest BCUT2D eigenvalue weighted by atomic mass is 10.0. The first-order valence-electron chi connectivity index (χ1n) is 3.96. The fraction of sp³-hybridized carbons (Fsp3) is 0.750. The van der Waals surface area contributed by atoms with Gasteiger partial charge in [-0.05, 0) is 19.6 Å². The summed E-state index contributed by atoms with van der Waals surface area (Å²) in [6.45, 7) is 5.81. The van der Waals surface area contributed by atoms with Gasteiger partial charge in [-0.1, -0.05) is 18.7 Å². The van der Waals surface area contributed by atoms with Crippen LogP contribution in [0.15, 0.2) is 4.99 Å². The Hall–Kier alpha value is -0.510. The number of thioether (sulfide) groups is 1. The van der Waals surface area contributed by atoms with Gasteiger partial charge in [0.05, 0.1) is 6.54 Å². The Balaban J connectivity index is 2.55. The minimum absolute atomic E-state index is 0.0398. The molecule has 0 spiro atoms. The predicted molar refractivity (Wildman–Crippen MR) is 50.6 cm³/mol. The molecule has 1 rings (SSSR count). The van der Waals surface area contributed by atoms with Crippen molar-refractivity contribution >= 4 is 22.8 Å². The van der Waals surface area contributed by atoms with Crippen molar-refractivity contribution in [1.29, 1.82) is 0 Å². The van der Waals surface area contributed by atoms with Crippen LogP contribution in [-0.4, -0.2) is 28.9 Å². The van der Waals surface area contributed by atoms with Crippen LogP contribution in [0.5, 0.6) is 0 Å². The van der Waals surface area contributed by atoms with Gasteiger partial charge in [0, 0.05) is 0 Å². The predicted octanol–water partition coefficient (Wildman–Crippen LogP) is 1.47. The van der Waals surface area contributed by atoms with E-state index in [2.05, 4.69) is 4.99 Å². The van der Waals surface area contributed by atoms with E-state index in [-0.39, 0.29) is 5.78 Å².